The number of para-hydroxylation sites is 1. The van der Waals surface area contributed by atoms with E-state index >= 15 is 0 Å². The van der Waals surface area contributed by atoms with Gasteiger partial charge in [0.1, 0.15) is 17.9 Å². The molecule has 2 aromatic rings. The van der Waals surface area contributed by atoms with Crippen LogP contribution in [0.1, 0.15) is 31.6 Å². The van der Waals surface area contributed by atoms with Crippen LogP contribution in [0.25, 0.3) is 11.0 Å². The van der Waals surface area contributed by atoms with Crippen molar-refractivity contribution in [3.05, 3.63) is 35.6 Å². The first-order chi connectivity index (χ1) is 9.11. The topological polar surface area (TPSA) is 63.5 Å². The fraction of sp³-hybridized carbons (Fsp3) is 0.400. The normalized spacial score (nSPS) is 13.7. The van der Waals surface area contributed by atoms with Gasteiger partial charge in [-0.1, -0.05) is 25.1 Å². The molecule has 0 saturated carbocycles. The zero-order chi connectivity index (χ0) is 13.8. The molecule has 0 radical (unpaired) electrons. The highest BCUT2D eigenvalue weighted by Crippen LogP contribution is 2.25. The van der Waals surface area contributed by atoms with E-state index in [0.29, 0.717) is 18.5 Å². The van der Waals surface area contributed by atoms with Crippen molar-refractivity contribution in [2.24, 2.45) is 10.7 Å². The second-order valence-electron chi connectivity index (χ2n) is 4.80. The number of nitrogens with one attached hydrogen (secondary N) is 1. The van der Waals surface area contributed by atoms with Crippen molar-refractivity contribution in [2.75, 3.05) is 0 Å². The van der Waals surface area contributed by atoms with E-state index in [-0.39, 0.29) is 0 Å². The Morgan fingerprint density at radius 1 is 1.42 bits per heavy atom. The second kappa shape index (κ2) is 5.78. The van der Waals surface area contributed by atoms with E-state index in [0.717, 1.165) is 28.7 Å². The quantitative estimate of drug-likeness (QED) is 0.655. The van der Waals surface area contributed by atoms with E-state index < -0.39 is 0 Å². The minimum Gasteiger partial charge on any atom is -0.459 e. The number of nitrogens with zero attached hydrogens (tertiary/aromatic N) is 1. The van der Waals surface area contributed by atoms with Crippen LogP contribution in [0.5, 0.6) is 0 Å². The number of nitrogens with two attached hydrogens (primary N) is 1. The molecule has 0 saturated heterocycles. The highest BCUT2D eigenvalue weighted by Gasteiger charge is 2.09. The van der Waals surface area contributed by atoms with Crippen molar-refractivity contribution >= 4 is 16.9 Å². The van der Waals surface area contributed by atoms with Gasteiger partial charge >= 0.3 is 0 Å². The van der Waals surface area contributed by atoms with Crippen LogP contribution in [0, 0.1) is 6.92 Å². The van der Waals surface area contributed by atoms with Gasteiger partial charge in [-0.2, -0.15) is 0 Å². The first-order valence-corrected chi connectivity index (χ1v) is 6.65. The van der Waals surface area contributed by atoms with Gasteiger partial charge in [0.15, 0.2) is 5.96 Å². The van der Waals surface area contributed by atoms with Crippen molar-refractivity contribution < 1.29 is 4.42 Å². The fourth-order valence-corrected chi connectivity index (χ4v) is 1.93. The number of aryl methyl sites for hydroxylation is 1. The number of aliphatic imine (C=N–C) groups is 1. The molecule has 2 rings (SSSR count). The molecular formula is C15H21N3O. The molecule has 0 aliphatic rings. The molecule has 0 spiro atoms. The minimum absolute atomic E-state index is 0.334. The Hall–Kier alpha value is -1.97. The summed E-state index contributed by atoms with van der Waals surface area (Å²) in [7, 11) is 0. The summed E-state index contributed by atoms with van der Waals surface area (Å²) in [6, 6.07) is 8.34. The maximum Gasteiger partial charge on any atom is 0.189 e. The molecule has 0 aliphatic carbocycles. The Morgan fingerprint density at radius 3 is 2.84 bits per heavy atom. The Labute approximate surface area is 113 Å². The molecule has 1 aromatic carbocycles. The molecule has 3 N–H and O–H groups in total. The summed E-state index contributed by atoms with van der Waals surface area (Å²) in [6.45, 7) is 6.70. The molecular weight excluding hydrogens is 238 g/mol. The fourth-order valence-electron chi connectivity index (χ4n) is 1.93. The summed E-state index contributed by atoms with van der Waals surface area (Å²) in [4.78, 5) is 4.33. The van der Waals surface area contributed by atoms with Crippen LogP contribution in [0.3, 0.4) is 0 Å². The Kier molecular flexibility index (Phi) is 4.10. The lowest BCUT2D eigenvalue weighted by molar-refractivity contribution is 0.547. The van der Waals surface area contributed by atoms with E-state index in [2.05, 4.69) is 37.1 Å². The van der Waals surface area contributed by atoms with Gasteiger partial charge in [0, 0.05) is 17.0 Å². The van der Waals surface area contributed by atoms with Crippen molar-refractivity contribution in [1.29, 1.82) is 0 Å². The van der Waals surface area contributed by atoms with Crippen molar-refractivity contribution in [3.63, 3.8) is 0 Å². The van der Waals surface area contributed by atoms with Gasteiger partial charge in [0.25, 0.3) is 0 Å². The molecule has 4 nitrogen and oxygen atoms in total. The van der Waals surface area contributed by atoms with Crippen LogP contribution in [0.4, 0.5) is 0 Å². The average Bonchev–Trinajstić information content (AvgIpc) is 2.73. The van der Waals surface area contributed by atoms with Gasteiger partial charge < -0.3 is 15.5 Å². The second-order valence-corrected chi connectivity index (χ2v) is 4.80. The predicted octanol–water partition coefficient (Wildman–Crippen LogP) is 2.94. The van der Waals surface area contributed by atoms with Crippen molar-refractivity contribution in [1.82, 2.24) is 5.32 Å². The maximum atomic E-state index is 5.84. The molecule has 1 heterocycles. The van der Waals surface area contributed by atoms with Crippen LogP contribution >= 0.6 is 0 Å². The summed E-state index contributed by atoms with van der Waals surface area (Å²) in [5, 5.41) is 4.28. The van der Waals surface area contributed by atoms with E-state index in [1.165, 1.54) is 0 Å². The first kappa shape index (κ1) is 13.5. The van der Waals surface area contributed by atoms with Gasteiger partial charge in [-0.05, 0) is 26.3 Å². The Bertz CT molecular complexity index is 586. The lowest BCUT2D eigenvalue weighted by atomic mass is 10.1. The molecule has 1 unspecified atom stereocenters. The van der Waals surface area contributed by atoms with Gasteiger partial charge in [0.05, 0.1) is 0 Å². The van der Waals surface area contributed by atoms with Crippen LogP contribution in [-0.4, -0.2) is 12.0 Å². The molecule has 4 heteroatoms. The van der Waals surface area contributed by atoms with Crippen LogP contribution in [-0.2, 0) is 6.54 Å². The molecule has 0 bridgehead atoms. The average molecular weight is 259 g/mol. The SMILES string of the molecule is CCC(C)NC(N)=NCc1oc2ccccc2c1C. The largest absolute Gasteiger partial charge is 0.459 e. The molecule has 0 amide bonds. The Morgan fingerprint density at radius 2 is 2.16 bits per heavy atom. The van der Waals surface area contributed by atoms with E-state index in [1.807, 2.05) is 18.2 Å². The third-order valence-corrected chi connectivity index (χ3v) is 3.34. The molecule has 102 valence electrons. The van der Waals surface area contributed by atoms with Gasteiger partial charge in [-0.3, -0.25) is 0 Å². The summed E-state index contributed by atoms with van der Waals surface area (Å²) < 4.78 is 5.79. The summed E-state index contributed by atoms with van der Waals surface area (Å²) in [6.07, 6.45) is 1.01. The minimum atomic E-state index is 0.334. The van der Waals surface area contributed by atoms with Crippen LogP contribution in [0.15, 0.2) is 33.7 Å². The van der Waals surface area contributed by atoms with E-state index in [4.69, 9.17) is 10.2 Å². The number of hydrogen-bond donors (Lipinski definition) is 2. The maximum absolute atomic E-state index is 5.84. The summed E-state index contributed by atoms with van der Waals surface area (Å²) in [5.41, 5.74) is 7.88. The van der Waals surface area contributed by atoms with Crippen molar-refractivity contribution in [3.8, 4) is 0 Å². The zero-order valence-electron chi connectivity index (χ0n) is 11.7. The molecule has 0 fully saturated rings. The Balaban J connectivity index is 2.13. The number of fused-ring (bicyclic) bond motifs is 1. The van der Waals surface area contributed by atoms with E-state index in [1.54, 1.807) is 0 Å². The summed E-state index contributed by atoms with van der Waals surface area (Å²) >= 11 is 0. The molecule has 1 atom stereocenters. The predicted molar refractivity (Wildman–Crippen MR) is 79.2 cm³/mol. The first-order valence-electron chi connectivity index (χ1n) is 6.65. The van der Waals surface area contributed by atoms with Gasteiger partial charge in [-0.15, -0.1) is 0 Å². The smallest absolute Gasteiger partial charge is 0.189 e. The number of hydrogen-bond acceptors (Lipinski definition) is 2. The highest BCUT2D eigenvalue weighted by atomic mass is 16.3. The van der Waals surface area contributed by atoms with Crippen LogP contribution < -0.4 is 11.1 Å². The zero-order valence-corrected chi connectivity index (χ0v) is 11.7. The highest BCUT2D eigenvalue weighted by molar-refractivity contribution is 5.82. The van der Waals surface area contributed by atoms with Crippen LogP contribution in [0.2, 0.25) is 0 Å². The van der Waals surface area contributed by atoms with Crippen molar-refractivity contribution in [2.45, 2.75) is 39.8 Å². The summed E-state index contributed by atoms with van der Waals surface area (Å²) in [5.74, 6) is 1.34. The standard InChI is InChI=1S/C15H21N3O/c1-4-10(2)18-15(16)17-9-14-11(3)12-7-5-6-8-13(12)19-14/h5-8,10H,4,9H2,1-3H3,(H3,16,17,18). The number of furan rings is 1. The number of guanidine groups is 1. The third-order valence-electron chi connectivity index (χ3n) is 3.34. The monoisotopic (exact) mass is 259 g/mol. The number of rotatable bonds is 4. The van der Waals surface area contributed by atoms with E-state index in [9.17, 15) is 0 Å². The molecule has 19 heavy (non-hydrogen) atoms. The lowest BCUT2D eigenvalue weighted by Crippen LogP contribution is -2.38. The molecule has 1 aromatic heterocycles. The molecule has 0 aliphatic heterocycles. The van der Waals surface area contributed by atoms with Gasteiger partial charge in [-0.25, -0.2) is 4.99 Å². The number of benzene rings is 1. The lowest BCUT2D eigenvalue weighted by Gasteiger charge is -2.11. The van der Waals surface area contributed by atoms with Gasteiger partial charge in [0.2, 0.25) is 0 Å². The third kappa shape index (κ3) is 3.08.